The van der Waals surface area contributed by atoms with Gasteiger partial charge in [-0.1, -0.05) is 6.07 Å². The van der Waals surface area contributed by atoms with Gasteiger partial charge in [-0.15, -0.1) is 4.94 Å². The Balaban J connectivity index is 3.06. The molecule has 1 aromatic rings. The van der Waals surface area contributed by atoms with Crippen LogP contribution in [0.4, 0.5) is 5.69 Å². The van der Waals surface area contributed by atoms with Gasteiger partial charge >= 0.3 is 0 Å². The molecule has 3 N–H and O–H groups in total. The number of anilines is 1. The SMILES string of the molecule is O=S(=O)(O)c1cccc(NNCl)c1. The first-order valence-corrected chi connectivity index (χ1v) is 5.05. The summed E-state index contributed by atoms with van der Waals surface area (Å²) >= 11 is 5.13. The molecule has 1 aromatic carbocycles. The summed E-state index contributed by atoms with van der Waals surface area (Å²) in [5, 5.41) is 0. The molecule has 72 valence electrons. The zero-order valence-electron chi connectivity index (χ0n) is 6.36. The number of benzene rings is 1. The summed E-state index contributed by atoms with van der Waals surface area (Å²) in [5.41, 5.74) is 2.90. The summed E-state index contributed by atoms with van der Waals surface area (Å²) in [6, 6.07) is 5.57. The van der Waals surface area contributed by atoms with Gasteiger partial charge in [0.15, 0.2) is 0 Å². The van der Waals surface area contributed by atoms with Crippen LogP contribution in [-0.2, 0) is 10.1 Å². The molecule has 0 aliphatic carbocycles. The fourth-order valence-corrected chi connectivity index (χ4v) is 1.42. The van der Waals surface area contributed by atoms with E-state index in [1.807, 2.05) is 0 Å². The first kappa shape index (κ1) is 10.3. The van der Waals surface area contributed by atoms with Crippen LogP contribution in [0, 0.1) is 0 Å². The molecule has 0 saturated heterocycles. The highest BCUT2D eigenvalue weighted by Crippen LogP contribution is 2.14. The van der Waals surface area contributed by atoms with Gasteiger partial charge in [-0.05, 0) is 30.0 Å². The van der Waals surface area contributed by atoms with Gasteiger partial charge in [0.1, 0.15) is 0 Å². The van der Waals surface area contributed by atoms with Gasteiger partial charge in [0, 0.05) is 0 Å². The third kappa shape index (κ3) is 2.85. The van der Waals surface area contributed by atoms with Gasteiger partial charge in [-0.2, -0.15) is 8.42 Å². The van der Waals surface area contributed by atoms with Gasteiger partial charge in [0.05, 0.1) is 10.6 Å². The van der Waals surface area contributed by atoms with Crippen LogP contribution in [0.1, 0.15) is 0 Å². The Morgan fingerprint density at radius 3 is 2.62 bits per heavy atom. The molecule has 0 aliphatic heterocycles. The number of hydrogen-bond donors (Lipinski definition) is 3. The molecular weight excluding hydrogens is 216 g/mol. The molecule has 5 nitrogen and oxygen atoms in total. The predicted molar refractivity (Wildman–Crippen MR) is 48.9 cm³/mol. The van der Waals surface area contributed by atoms with Gasteiger partial charge in [0.2, 0.25) is 0 Å². The normalized spacial score (nSPS) is 11.2. The summed E-state index contributed by atoms with van der Waals surface area (Å²) in [6.07, 6.45) is 0. The number of halogens is 1. The topological polar surface area (TPSA) is 78.4 Å². The summed E-state index contributed by atoms with van der Waals surface area (Å²) in [5.74, 6) is 0. The van der Waals surface area contributed by atoms with Crippen LogP contribution >= 0.6 is 11.8 Å². The van der Waals surface area contributed by atoms with Crippen LogP contribution in [0.5, 0.6) is 0 Å². The Morgan fingerprint density at radius 2 is 2.08 bits per heavy atom. The lowest BCUT2D eigenvalue weighted by Gasteiger charge is -2.03. The molecule has 1 rings (SSSR count). The Bertz CT molecular complexity index is 393. The molecule has 0 atom stereocenters. The predicted octanol–water partition coefficient (Wildman–Crippen LogP) is 1.00. The largest absolute Gasteiger partial charge is 0.308 e. The van der Waals surface area contributed by atoms with E-state index in [9.17, 15) is 8.42 Å². The number of hydrogen-bond acceptors (Lipinski definition) is 4. The van der Waals surface area contributed by atoms with E-state index in [4.69, 9.17) is 16.3 Å². The number of rotatable bonds is 3. The molecule has 0 amide bonds. The molecular formula is C6H7ClN2O3S. The molecule has 0 bridgehead atoms. The molecule has 0 fully saturated rings. The van der Waals surface area contributed by atoms with E-state index in [0.717, 1.165) is 0 Å². The maximum Gasteiger partial charge on any atom is 0.294 e. The van der Waals surface area contributed by atoms with Crippen LogP contribution in [0.15, 0.2) is 29.2 Å². The number of hydrazine groups is 1. The van der Waals surface area contributed by atoms with Crippen LogP contribution in [-0.4, -0.2) is 13.0 Å². The van der Waals surface area contributed by atoms with Crippen LogP contribution in [0.2, 0.25) is 0 Å². The third-order valence-electron chi connectivity index (χ3n) is 1.32. The Morgan fingerprint density at radius 1 is 1.38 bits per heavy atom. The summed E-state index contributed by atoms with van der Waals surface area (Å²) < 4.78 is 30.0. The summed E-state index contributed by atoms with van der Waals surface area (Å²) in [4.78, 5) is 1.92. The molecule has 13 heavy (non-hydrogen) atoms. The van der Waals surface area contributed by atoms with Gasteiger partial charge in [-0.3, -0.25) is 4.55 Å². The van der Waals surface area contributed by atoms with Gasteiger partial charge in [-0.25, -0.2) is 0 Å². The lowest BCUT2D eigenvalue weighted by Crippen LogP contribution is -2.09. The monoisotopic (exact) mass is 222 g/mol. The lowest BCUT2D eigenvalue weighted by atomic mass is 10.3. The first-order chi connectivity index (χ1) is 6.04. The molecule has 7 heteroatoms. The van der Waals surface area contributed by atoms with Crippen molar-refractivity contribution in [3.8, 4) is 0 Å². The summed E-state index contributed by atoms with van der Waals surface area (Å²) in [6.45, 7) is 0. The maximum absolute atomic E-state index is 10.7. The molecule has 0 spiro atoms. The van der Waals surface area contributed by atoms with E-state index in [0.29, 0.717) is 5.69 Å². The van der Waals surface area contributed by atoms with Crippen LogP contribution in [0.3, 0.4) is 0 Å². The van der Waals surface area contributed by atoms with Crippen LogP contribution in [0.25, 0.3) is 0 Å². The van der Waals surface area contributed by atoms with Crippen molar-refractivity contribution in [3.63, 3.8) is 0 Å². The molecule has 0 heterocycles. The second-order valence-electron chi connectivity index (χ2n) is 2.22. The zero-order chi connectivity index (χ0) is 9.90. The number of nitrogens with one attached hydrogen (secondary N) is 2. The van der Waals surface area contributed by atoms with E-state index in [-0.39, 0.29) is 4.90 Å². The molecule has 0 aliphatic rings. The van der Waals surface area contributed by atoms with Crippen molar-refractivity contribution < 1.29 is 13.0 Å². The fraction of sp³-hybridized carbons (Fsp3) is 0. The Labute approximate surface area is 80.5 Å². The molecule has 0 saturated carbocycles. The van der Waals surface area contributed by atoms with Crippen molar-refractivity contribution in [1.82, 2.24) is 4.94 Å². The first-order valence-electron chi connectivity index (χ1n) is 3.23. The lowest BCUT2D eigenvalue weighted by molar-refractivity contribution is 0.483. The van der Waals surface area contributed by atoms with Crippen molar-refractivity contribution in [2.45, 2.75) is 4.90 Å². The quantitative estimate of drug-likeness (QED) is 0.404. The minimum absolute atomic E-state index is 0.190. The van der Waals surface area contributed by atoms with Crippen molar-refractivity contribution in [1.29, 1.82) is 0 Å². The van der Waals surface area contributed by atoms with E-state index in [1.54, 1.807) is 6.07 Å². The molecule has 0 unspecified atom stereocenters. The highest BCUT2D eigenvalue weighted by atomic mass is 35.5. The molecule has 0 radical (unpaired) electrons. The third-order valence-corrected chi connectivity index (χ3v) is 2.27. The maximum atomic E-state index is 10.7. The van der Waals surface area contributed by atoms with Crippen molar-refractivity contribution in [3.05, 3.63) is 24.3 Å². The Kier molecular flexibility index (Phi) is 3.10. The standard InChI is InChI=1S/C6H7ClN2O3S/c7-9-8-5-2-1-3-6(4-5)13(10,11)12/h1-4,8-9H,(H,10,11,12). The van der Waals surface area contributed by atoms with E-state index in [1.165, 1.54) is 18.2 Å². The highest BCUT2D eigenvalue weighted by molar-refractivity contribution is 7.85. The smallest absolute Gasteiger partial charge is 0.294 e. The van der Waals surface area contributed by atoms with Gasteiger partial charge < -0.3 is 5.43 Å². The van der Waals surface area contributed by atoms with Crippen molar-refractivity contribution in [2.24, 2.45) is 0 Å². The average molecular weight is 223 g/mol. The summed E-state index contributed by atoms with van der Waals surface area (Å²) in [7, 11) is -4.15. The minimum atomic E-state index is -4.15. The molecule has 0 aromatic heterocycles. The van der Waals surface area contributed by atoms with Crippen molar-refractivity contribution in [2.75, 3.05) is 5.43 Å². The van der Waals surface area contributed by atoms with Gasteiger partial charge in [0.25, 0.3) is 10.1 Å². The van der Waals surface area contributed by atoms with Crippen molar-refractivity contribution >= 4 is 27.6 Å². The minimum Gasteiger partial charge on any atom is -0.308 e. The van der Waals surface area contributed by atoms with E-state index >= 15 is 0 Å². The second-order valence-corrected chi connectivity index (χ2v) is 3.83. The zero-order valence-corrected chi connectivity index (χ0v) is 7.93. The average Bonchev–Trinajstić information content (AvgIpc) is 2.04. The Hall–Kier alpha value is -0.820. The second kappa shape index (κ2) is 3.93. The van der Waals surface area contributed by atoms with E-state index in [2.05, 4.69) is 10.4 Å². The van der Waals surface area contributed by atoms with Crippen LogP contribution < -0.4 is 10.4 Å². The highest BCUT2D eigenvalue weighted by Gasteiger charge is 2.08. The van der Waals surface area contributed by atoms with E-state index < -0.39 is 10.1 Å². The fourth-order valence-electron chi connectivity index (χ4n) is 0.789.